The molecule has 0 amide bonds. The van der Waals surface area contributed by atoms with Gasteiger partial charge in [-0.1, -0.05) is 36.9 Å². The van der Waals surface area contributed by atoms with Crippen LogP contribution in [0, 0.1) is 0 Å². The number of alkyl halides is 1. The van der Waals surface area contributed by atoms with Gasteiger partial charge in [-0.05, 0) is 11.1 Å². The molecule has 0 heterocycles. The van der Waals surface area contributed by atoms with Gasteiger partial charge in [-0.3, -0.25) is 0 Å². The van der Waals surface area contributed by atoms with Gasteiger partial charge in [-0.25, -0.2) is 0 Å². The van der Waals surface area contributed by atoms with Crippen molar-refractivity contribution in [1.82, 2.24) is 0 Å². The van der Waals surface area contributed by atoms with Gasteiger partial charge in [-0.15, -0.1) is 11.6 Å². The van der Waals surface area contributed by atoms with E-state index < -0.39 is 0 Å². The van der Waals surface area contributed by atoms with E-state index in [1.54, 1.807) is 0 Å². The van der Waals surface area contributed by atoms with Crippen molar-refractivity contribution >= 4 is 40.7 Å². The number of hydrogen-bond acceptors (Lipinski definition) is 0. The van der Waals surface area contributed by atoms with E-state index in [1.165, 1.54) is 0 Å². The Labute approximate surface area is 91.4 Å². The molecule has 1 rings (SSSR count). The molecule has 0 aliphatic rings. The summed E-state index contributed by atoms with van der Waals surface area (Å²) in [5, 5.41) is 0. The van der Waals surface area contributed by atoms with E-state index in [-0.39, 0.29) is 25.9 Å². The Morgan fingerprint density at radius 3 is 2.55 bits per heavy atom. The number of rotatable bonds is 2. The molecule has 2 heteroatoms. The minimum atomic E-state index is 0. The van der Waals surface area contributed by atoms with Gasteiger partial charge in [0.1, 0.15) is 0 Å². The van der Waals surface area contributed by atoms with Crippen LogP contribution in [0.1, 0.15) is 14.0 Å². The van der Waals surface area contributed by atoms with E-state index in [2.05, 4.69) is 6.58 Å². The molecule has 0 bridgehead atoms. The van der Waals surface area contributed by atoms with Crippen molar-refractivity contribution < 1.29 is 2.85 Å². The van der Waals surface area contributed by atoms with Crippen LogP contribution in [0.4, 0.5) is 0 Å². The monoisotopic (exact) mass is 178 g/mol. The SMILES string of the molecule is C=Cc1ccccc1CCl.[H-].[H-].[Mg+2]. The van der Waals surface area contributed by atoms with Gasteiger partial charge in [0, 0.05) is 5.88 Å². The molecule has 0 fully saturated rings. The molecule has 0 atom stereocenters. The second-order valence-electron chi connectivity index (χ2n) is 2.04. The van der Waals surface area contributed by atoms with Gasteiger partial charge in [0.05, 0.1) is 0 Å². The van der Waals surface area contributed by atoms with Crippen molar-refractivity contribution in [3.8, 4) is 0 Å². The van der Waals surface area contributed by atoms with E-state index in [4.69, 9.17) is 11.6 Å². The molecule has 0 saturated heterocycles. The summed E-state index contributed by atoms with van der Waals surface area (Å²) in [6.07, 6.45) is 1.82. The Hall–Kier alpha value is 0.0162. The van der Waals surface area contributed by atoms with Crippen LogP contribution in [0.3, 0.4) is 0 Å². The fourth-order valence-corrected chi connectivity index (χ4v) is 1.10. The van der Waals surface area contributed by atoms with E-state index >= 15 is 0 Å². The van der Waals surface area contributed by atoms with E-state index in [0.29, 0.717) is 5.88 Å². The molecule has 1 aromatic rings. The first-order valence-electron chi connectivity index (χ1n) is 3.15. The molecular formula is C9H11ClMg. The van der Waals surface area contributed by atoms with E-state index in [9.17, 15) is 0 Å². The molecule has 0 aromatic heterocycles. The van der Waals surface area contributed by atoms with Crippen LogP contribution in [-0.4, -0.2) is 23.1 Å². The minimum absolute atomic E-state index is 0. The normalized spacial score (nSPS) is 8.45. The minimum Gasteiger partial charge on any atom is -1.00 e. The third-order valence-electron chi connectivity index (χ3n) is 1.42. The van der Waals surface area contributed by atoms with Gasteiger partial charge < -0.3 is 2.85 Å². The first kappa shape index (κ1) is 11.0. The standard InChI is InChI=1S/C9H9Cl.Mg.2H/c1-2-8-5-3-4-6-9(8)7-10;;;/h2-6H,1,7H2;;;/q;+2;2*-1. The molecule has 0 N–H and O–H groups in total. The van der Waals surface area contributed by atoms with E-state index in [0.717, 1.165) is 11.1 Å². The average Bonchev–Trinajstić information content (AvgIpc) is 2.04. The summed E-state index contributed by atoms with van der Waals surface area (Å²) in [7, 11) is 0. The molecule has 1 aromatic carbocycles. The third-order valence-corrected chi connectivity index (χ3v) is 1.71. The van der Waals surface area contributed by atoms with Crippen LogP contribution in [-0.2, 0) is 5.88 Å². The largest absolute Gasteiger partial charge is 2.00 e. The zero-order chi connectivity index (χ0) is 7.40. The van der Waals surface area contributed by atoms with Crippen molar-refractivity contribution in [1.29, 1.82) is 0 Å². The number of benzene rings is 1. The molecule has 0 nitrogen and oxygen atoms in total. The molecule has 0 spiro atoms. The smallest absolute Gasteiger partial charge is 1.00 e. The van der Waals surface area contributed by atoms with Crippen LogP contribution in [0.5, 0.6) is 0 Å². The van der Waals surface area contributed by atoms with Crippen molar-refractivity contribution in [3.05, 3.63) is 42.0 Å². The summed E-state index contributed by atoms with van der Waals surface area (Å²) >= 11 is 5.66. The Kier molecular flexibility index (Phi) is 5.65. The van der Waals surface area contributed by atoms with Crippen molar-refractivity contribution in [3.63, 3.8) is 0 Å². The third kappa shape index (κ3) is 2.85. The fourth-order valence-electron chi connectivity index (χ4n) is 0.855. The summed E-state index contributed by atoms with van der Waals surface area (Å²) in [5.74, 6) is 0.558. The number of halogens is 1. The van der Waals surface area contributed by atoms with Gasteiger partial charge in [-0.2, -0.15) is 0 Å². The first-order chi connectivity index (χ1) is 4.88. The topological polar surface area (TPSA) is 0 Å². The van der Waals surface area contributed by atoms with Gasteiger partial charge in [0.25, 0.3) is 0 Å². The van der Waals surface area contributed by atoms with Crippen molar-refractivity contribution in [2.24, 2.45) is 0 Å². The predicted octanol–water partition coefficient (Wildman–Crippen LogP) is 2.91. The van der Waals surface area contributed by atoms with Crippen LogP contribution in [0.25, 0.3) is 6.08 Å². The van der Waals surface area contributed by atoms with Crippen molar-refractivity contribution in [2.45, 2.75) is 5.88 Å². The summed E-state index contributed by atoms with van der Waals surface area (Å²) in [6.45, 7) is 3.68. The maximum absolute atomic E-state index is 5.66. The van der Waals surface area contributed by atoms with Crippen LogP contribution in [0.15, 0.2) is 30.8 Å². The van der Waals surface area contributed by atoms with Crippen LogP contribution >= 0.6 is 11.6 Å². The predicted molar refractivity (Wildman–Crippen MR) is 54.1 cm³/mol. The Morgan fingerprint density at radius 1 is 1.45 bits per heavy atom. The molecule has 0 unspecified atom stereocenters. The van der Waals surface area contributed by atoms with E-state index in [1.807, 2.05) is 30.3 Å². The second kappa shape index (κ2) is 5.64. The Bertz CT molecular complexity index is 241. The Morgan fingerprint density at radius 2 is 2.09 bits per heavy atom. The second-order valence-corrected chi connectivity index (χ2v) is 2.30. The average molecular weight is 179 g/mol. The number of hydrogen-bond donors (Lipinski definition) is 0. The van der Waals surface area contributed by atoms with Gasteiger partial charge in [0.2, 0.25) is 0 Å². The molecule has 0 aliphatic heterocycles. The molecule has 0 saturated carbocycles. The maximum atomic E-state index is 5.66. The van der Waals surface area contributed by atoms with Gasteiger partial charge >= 0.3 is 23.1 Å². The fraction of sp³-hybridized carbons (Fsp3) is 0.111. The summed E-state index contributed by atoms with van der Waals surface area (Å²) in [6, 6.07) is 7.96. The molecule has 0 aliphatic carbocycles. The molecule has 0 radical (unpaired) electrons. The van der Waals surface area contributed by atoms with Gasteiger partial charge in [0.15, 0.2) is 0 Å². The summed E-state index contributed by atoms with van der Waals surface area (Å²) in [4.78, 5) is 0. The molecule has 56 valence electrons. The van der Waals surface area contributed by atoms with Crippen LogP contribution in [0.2, 0.25) is 0 Å². The summed E-state index contributed by atoms with van der Waals surface area (Å²) in [5.41, 5.74) is 2.26. The quantitative estimate of drug-likeness (QED) is 0.483. The van der Waals surface area contributed by atoms with Crippen LogP contribution < -0.4 is 0 Å². The maximum Gasteiger partial charge on any atom is 2.00 e. The molecular weight excluding hydrogens is 168 g/mol. The van der Waals surface area contributed by atoms with Crippen molar-refractivity contribution in [2.75, 3.05) is 0 Å². The Balaban J connectivity index is -0.000000333. The zero-order valence-electron chi connectivity index (χ0n) is 8.39. The zero-order valence-corrected chi connectivity index (χ0v) is 8.56. The first-order valence-corrected chi connectivity index (χ1v) is 3.68. The molecule has 11 heavy (non-hydrogen) atoms. The summed E-state index contributed by atoms with van der Waals surface area (Å²) < 4.78 is 0.